The van der Waals surface area contributed by atoms with Gasteiger partial charge in [0.25, 0.3) is 0 Å². The maximum absolute atomic E-state index is 13.3. The van der Waals surface area contributed by atoms with Gasteiger partial charge in [-0.3, -0.25) is 14.9 Å². The van der Waals surface area contributed by atoms with Crippen molar-refractivity contribution in [1.29, 1.82) is 0 Å². The van der Waals surface area contributed by atoms with Crippen LogP contribution in [0.2, 0.25) is 0 Å². The van der Waals surface area contributed by atoms with Crippen LogP contribution >= 0.6 is 0 Å². The molecule has 144 valence electrons. The van der Waals surface area contributed by atoms with Crippen molar-refractivity contribution in [2.75, 3.05) is 18.0 Å². The van der Waals surface area contributed by atoms with E-state index in [1.165, 1.54) is 12.1 Å². The number of hydrogen-bond acceptors (Lipinski definition) is 4. The van der Waals surface area contributed by atoms with E-state index in [2.05, 4.69) is 25.4 Å². The largest absolute Gasteiger partial charge is 0.353 e. The number of halogens is 1. The number of nitrogens with one attached hydrogen (secondary N) is 2. The molecule has 4 rings (SSSR count). The molecule has 1 aliphatic heterocycles. The minimum absolute atomic E-state index is 0.0517. The molecular formula is C21H22FN5O. The van der Waals surface area contributed by atoms with Crippen LogP contribution in [0, 0.1) is 5.82 Å². The first-order valence-electron chi connectivity index (χ1n) is 9.42. The predicted molar refractivity (Wildman–Crippen MR) is 105 cm³/mol. The van der Waals surface area contributed by atoms with Gasteiger partial charge in [-0.15, -0.1) is 0 Å². The molecule has 6 nitrogen and oxygen atoms in total. The lowest BCUT2D eigenvalue weighted by molar-refractivity contribution is -0.121. The second-order valence-electron chi connectivity index (χ2n) is 7.04. The molecule has 0 radical (unpaired) electrons. The smallest absolute Gasteiger partial charge is 0.224 e. The van der Waals surface area contributed by atoms with Gasteiger partial charge in [0.15, 0.2) is 5.82 Å². The molecule has 1 unspecified atom stereocenters. The molecule has 1 amide bonds. The summed E-state index contributed by atoms with van der Waals surface area (Å²) in [6.45, 7) is 1.60. The fraction of sp³-hybridized carbons (Fsp3) is 0.286. The molecule has 1 atom stereocenters. The number of carbonyl (C=O) groups is 1. The van der Waals surface area contributed by atoms with Crippen LogP contribution in [0.25, 0.3) is 11.3 Å². The van der Waals surface area contributed by atoms with Crippen LogP contribution < -0.4 is 10.2 Å². The Morgan fingerprint density at radius 3 is 2.93 bits per heavy atom. The Morgan fingerprint density at radius 1 is 1.25 bits per heavy atom. The highest BCUT2D eigenvalue weighted by Crippen LogP contribution is 2.23. The molecule has 0 aliphatic carbocycles. The molecule has 1 aromatic carbocycles. The van der Waals surface area contributed by atoms with Crippen LogP contribution in [0.4, 0.5) is 10.2 Å². The van der Waals surface area contributed by atoms with Crippen molar-refractivity contribution >= 4 is 11.7 Å². The van der Waals surface area contributed by atoms with Crippen molar-refractivity contribution in [1.82, 2.24) is 20.5 Å². The summed E-state index contributed by atoms with van der Waals surface area (Å²) >= 11 is 0. The highest BCUT2D eigenvalue weighted by molar-refractivity contribution is 5.79. The number of carbonyl (C=O) groups excluding carboxylic acids is 1. The van der Waals surface area contributed by atoms with E-state index in [0.717, 1.165) is 36.5 Å². The quantitative estimate of drug-likeness (QED) is 0.715. The Kier molecular flexibility index (Phi) is 5.32. The molecule has 2 N–H and O–H groups in total. The van der Waals surface area contributed by atoms with Crippen molar-refractivity contribution < 1.29 is 9.18 Å². The lowest BCUT2D eigenvalue weighted by atomic mass is 10.0. The van der Waals surface area contributed by atoms with Crippen molar-refractivity contribution in [3.8, 4) is 11.3 Å². The van der Waals surface area contributed by atoms with E-state index in [9.17, 15) is 9.18 Å². The Hall–Kier alpha value is -3.22. The Balaban J connectivity index is 1.37. The number of anilines is 1. The van der Waals surface area contributed by atoms with Crippen LogP contribution in [0.5, 0.6) is 0 Å². The van der Waals surface area contributed by atoms with E-state index in [4.69, 9.17) is 0 Å². The van der Waals surface area contributed by atoms with E-state index in [-0.39, 0.29) is 24.2 Å². The highest BCUT2D eigenvalue weighted by atomic mass is 19.1. The van der Waals surface area contributed by atoms with Gasteiger partial charge in [0.2, 0.25) is 5.91 Å². The summed E-state index contributed by atoms with van der Waals surface area (Å²) in [6.07, 6.45) is 5.58. The first-order chi connectivity index (χ1) is 13.7. The molecule has 1 saturated heterocycles. The summed E-state index contributed by atoms with van der Waals surface area (Å²) in [7, 11) is 0. The monoisotopic (exact) mass is 379 g/mol. The molecule has 28 heavy (non-hydrogen) atoms. The topological polar surface area (TPSA) is 73.9 Å². The van der Waals surface area contributed by atoms with E-state index < -0.39 is 0 Å². The van der Waals surface area contributed by atoms with Gasteiger partial charge in [-0.05, 0) is 42.7 Å². The summed E-state index contributed by atoms with van der Waals surface area (Å²) in [6, 6.07) is 12.1. The molecule has 3 heterocycles. The van der Waals surface area contributed by atoms with E-state index in [1.807, 2.05) is 18.2 Å². The number of aromatic nitrogens is 3. The lowest BCUT2D eigenvalue weighted by Crippen LogP contribution is -2.48. The van der Waals surface area contributed by atoms with Crippen LogP contribution in [-0.4, -0.2) is 40.2 Å². The van der Waals surface area contributed by atoms with Gasteiger partial charge in [-0.2, -0.15) is 5.10 Å². The zero-order valence-electron chi connectivity index (χ0n) is 15.4. The Bertz CT molecular complexity index is 943. The second kappa shape index (κ2) is 8.21. The number of benzene rings is 1. The number of aromatic amines is 1. The molecule has 0 bridgehead atoms. The molecule has 3 aromatic rings. The highest BCUT2D eigenvalue weighted by Gasteiger charge is 2.23. The van der Waals surface area contributed by atoms with E-state index in [1.54, 1.807) is 24.5 Å². The predicted octanol–water partition coefficient (Wildman–Crippen LogP) is 2.94. The standard InChI is InChI=1S/C21H22FN5O/c22-17-4-1-3-15(11-17)12-21(28)24-18-5-2-10-27(14-18)20-13-19(25-26-20)16-6-8-23-9-7-16/h1,3-4,6-9,11,13,18H,2,5,10,12,14H2,(H,24,28)(H,25,26). The van der Waals surface area contributed by atoms with Crippen molar-refractivity contribution in [3.05, 3.63) is 66.2 Å². The number of amides is 1. The minimum Gasteiger partial charge on any atom is -0.353 e. The lowest BCUT2D eigenvalue weighted by Gasteiger charge is -2.33. The van der Waals surface area contributed by atoms with Crippen molar-refractivity contribution in [2.45, 2.75) is 25.3 Å². The van der Waals surface area contributed by atoms with E-state index >= 15 is 0 Å². The van der Waals surface area contributed by atoms with Gasteiger partial charge >= 0.3 is 0 Å². The normalized spacial score (nSPS) is 16.8. The number of hydrogen-bond donors (Lipinski definition) is 2. The number of rotatable bonds is 5. The average molecular weight is 379 g/mol. The van der Waals surface area contributed by atoms with Crippen LogP contribution in [0.15, 0.2) is 54.9 Å². The molecule has 7 heteroatoms. The Labute approximate surface area is 162 Å². The molecule has 2 aromatic heterocycles. The number of piperidine rings is 1. The molecule has 1 fully saturated rings. The average Bonchev–Trinajstić information content (AvgIpc) is 3.19. The molecule has 0 saturated carbocycles. The number of nitrogens with zero attached hydrogens (tertiary/aromatic N) is 3. The summed E-state index contributed by atoms with van der Waals surface area (Å²) < 4.78 is 13.3. The Morgan fingerprint density at radius 2 is 2.11 bits per heavy atom. The zero-order valence-corrected chi connectivity index (χ0v) is 15.4. The summed E-state index contributed by atoms with van der Waals surface area (Å²) in [5.41, 5.74) is 2.65. The third-order valence-electron chi connectivity index (χ3n) is 4.92. The first kappa shape index (κ1) is 18.2. The number of H-pyrrole nitrogens is 1. The van der Waals surface area contributed by atoms with Gasteiger partial charge in [0.05, 0.1) is 12.1 Å². The molecule has 1 aliphatic rings. The third kappa shape index (κ3) is 4.36. The first-order valence-corrected chi connectivity index (χ1v) is 9.42. The molecule has 0 spiro atoms. The van der Waals surface area contributed by atoms with Gasteiger partial charge in [-0.25, -0.2) is 4.39 Å². The minimum atomic E-state index is -0.322. The van der Waals surface area contributed by atoms with Gasteiger partial charge in [-0.1, -0.05) is 12.1 Å². The van der Waals surface area contributed by atoms with Crippen LogP contribution in [0.1, 0.15) is 18.4 Å². The second-order valence-corrected chi connectivity index (χ2v) is 7.04. The van der Waals surface area contributed by atoms with Crippen molar-refractivity contribution in [2.24, 2.45) is 0 Å². The maximum atomic E-state index is 13.3. The number of pyridine rings is 1. The van der Waals surface area contributed by atoms with E-state index in [0.29, 0.717) is 12.1 Å². The fourth-order valence-electron chi connectivity index (χ4n) is 3.57. The van der Waals surface area contributed by atoms with Gasteiger partial charge in [0.1, 0.15) is 5.82 Å². The fourth-order valence-corrected chi connectivity index (χ4v) is 3.57. The SMILES string of the molecule is O=C(Cc1cccc(F)c1)NC1CCCN(c2cc(-c3ccncc3)[nH]n2)C1. The van der Waals surface area contributed by atoms with Crippen LogP contribution in [0.3, 0.4) is 0 Å². The van der Waals surface area contributed by atoms with Crippen molar-refractivity contribution in [3.63, 3.8) is 0 Å². The summed E-state index contributed by atoms with van der Waals surface area (Å²) in [4.78, 5) is 18.6. The molecular weight excluding hydrogens is 357 g/mol. The van der Waals surface area contributed by atoms with Gasteiger partial charge < -0.3 is 10.2 Å². The third-order valence-corrected chi connectivity index (χ3v) is 4.92. The zero-order chi connectivity index (χ0) is 19.3. The van der Waals surface area contributed by atoms with Crippen LogP contribution in [-0.2, 0) is 11.2 Å². The summed E-state index contributed by atoms with van der Waals surface area (Å²) in [5.74, 6) is 0.463. The maximum Gasteiger partial charge on any atom is 0.224 e. The van der Waals surface area contributed by atoms with Gasteiger partial charge in [0, 0.05) is 43.2 Å². The summed E-state index contributed by atoms with van der Waals surface area (Å²) in [5, 5.41) is 10.6.